The predicted octanol–water partition coefficient (Wildman–Crippen LogP) is 2.90. The lowest BCUT2D eigenvalue weighted by atomic mass is 10.3. The molecule has 78 valence electrons. The van der Waals surface area contributed by atoms with E-state index in [2.05, 4.69) is 38.9 Å². The first-order chi connectivity index (χ1) is 7.22. The standard InChI is InChI=1S/C11H12BrN3/c1-3-10-13-4-5-15(10)11-9(12)6-8(2)7-14-11/h4-7H,3H2,1-2H3. The fourth-order valence-corrected chi connectivity index (χ4v) is 2.15. The summed E-state index contributed by atoms with van der Waals surface area (Å²) >= 11 is 3.52. The first kappa shape index (κ1) is 10.4. The van der Waals surface area contributed by atoms with E-state index in [1.54, 1.807) is 6.20 Å². The largest absolute Gasteiger partial charge is 0.287 e. The number of nitrogens with zero attached hydrogens (tertiary/aromatic N) is 3. The summed E-state index contributed by atoms with van der Waals surface area (Å²) in [5, 5.41) is 0. The molecule has 2 aromatic heterocycles. The molecule has 0 aromatic carbocycles. The molecule has 0 saturated carbocycles. The molecule has 0 aliphatic rings. The molecule has 2 aromatic rings. The van der Waals surface area contributed by atoms with E-state index in [-0.39, 0.29) is 0 Å². The van der Waals surface area contributed by atoms with Gasteiger partial charge in [0.05, 0.1) is 4.47 Å². The van der Waals surface area contributed by atoms with Gasteiger partial charge >= 0.3 is 0 Å². The van der Waals surface area contributed by atoms with Crippen LogP contribution in [0.25, 0.3) is 5.82 Å². The van der Waals surface area contributed by atoms with Crippen molar-refractivity contribution in [2.24, 2.45) is 0 Å². The van der Waals surface area contributed by atoms with Crippen LogP contribution >= 0.6 is 15.9 Å². The second kappa shape index (κ2) is 4.14. The maximum Gasteiger partial charge on any atom is 0.152 e. The Morgan fingerprint density at radius 2 is 2.20 bits per heavy atom. The van der Waals surface area contributed by atoms with E-state index in [0.717, 1.165) is 28.1 Å². The van der Waals surface area contributed by atoms with Crippen LogP contribution in [0.2, 0.25) is 0 Å². The third-order valence-electron chi connectivity index (χ3n) is 2.22. The monoisotopic (exact) mass is 265 g/mol. The molecule has 0 radical (unpaired) electrons. The highest BCUT2D eigenvalue weighted by Crippen LogP contribution is 2.20. The van der Waals surface area contributed by atoms with Gasteiger partial charge in [-0.3, -0.25) is 4.57 Å². The fraction of sp³-hybridized carbons (Fsp3) is 0.273. The highest BCUT2D eigenvalue weighted by atomic mass is 79.9. The Kier molecular flexibility index (Phi) is 2.86. The quantitative estimate of drug-likeness (QED) is 0.836. The third kappa shape index (κ3) is 1.95. The Labute approximate surface area is 97.3 Å². The van der Waals surface area contributed by atoms with Gasteiger partial charge in [-0.15, -0.1) is 0 Å². The molecule has 0 bridgehead atoms. The Balaban J connectivity index is 2.54. The third-order valence-corrected chi connectivity index (χ3v) is 2.80. The maximum absolute atomic E-state index is 4.40. The Hall–Kier alpha value is -1.16. The van der Waals surface area contributed by atoms with Crippen LogP contribution in [-0.2, 0) is 6.42 Å². The van der Waals surface area contributed by atoms with Crippen molar-refractivity contribution in [3.8, 4) is 5.82 Å². The van der Waals surface area contributed by atoms with Crippen LogP contribution in [-0.4, -0.2) is 14.5 Å². The highest BCUT2D eigenvalue weighted by molar-refractivity contribution is 9.10. The van der Waals surface area contributed by atoms with Gasteiger partial charge in [-0.2, -0.15) is 0 Å². The average Bonchev–Trinajstić information content (AvgIpc) is 2.65. The van der Waals surface area contributed by atoms with E-state index in [1.165, 1.54) is 0 Å². The number of aromatic nitrogens is 3. The van der Waals surface area contributed by atoms with Crippen molar-refractivity contribution in [3.63, 3.8) is 0 Å². The molecule has 0 aliphatic carbocycles. The van der Waals surface area contributed by atoms with Gasteiger partial charge in [-0.1, -0.05) is 6.92 Å². The van der Waals surface area contributed by atoms with Crippen LogP contribution in [0.15, 0.2) is 29.1 Å². The summed E-state index contributed by atoms with van der Waals surface area (Å²) in [5.41, 5.74) is 1.14. The molecule has 0 N–H and O–H groups in total. The summed E-state index contributed by atoms with van der Waals surface area (Å²) in [6.45, 7) is 4.11. The molecule has 0 unspecified atom stereocenters. The number of hydrogen-bond donors (Lipinski definition) is 0. The van der Waals surface area contributed by atoms with Crippen molar-refractivity contribution >= 4 is 15.9 Å². The van der Waals surface area contributed by atoms with Crippen molar-refractivity contribution < 1.29 is 0 Å². The van der Waals surface area contributed by atoms with Crippen LogP contribution in [0.3, 0.4) is 0 Å². The van der Waals surface area contributed by atoms with Gasteiger partial charge < -0.3 is 0 Å². The molecule has 0 aliphatic heterocycles. The minimum Gasteiger partial charge on any atom is -0.287 e. The fourth-order valence-electron chi connectivity index (χ4n) is 1.49. The molecule has 15 heavy (non-hydrogen) atoms. The lowest BCUT2D eigenvalue weighted by Crippen LogP contribution is -2.02. The van der Waals surface area contributed by atoms with Gasteiger partial charge in [0, 0.05) is 25.0 Å². The van der Waals surface area contributed by atoms with Crippen LogP contribution in [0.1, 0.15) is 18.3 Å². The number of pyridine rings is 1. The van der Waals surface area contributed by atoms with Crippen LogP contribution in [0, 0.1) is 6.92 Å². The van der Waals surface area contributed by atoms with Crippen molar-refractivity contribution in [3.05, 3.63) is 40.5 Å². The van der Waals surface area contributed by atoms with E-state index in [9.17, 15) is 0 Å². The molecule has 2 rings (SSSR count). The van der Waals surface area contributed by atoms with Crippen molar-refractivity contribution in [2.45, 2.75) is 20.3 Å². The van der Waals surface area contributed by atoms with E-state index < -0.39 is 0 Å². The lowest BCUT2D eigenvalue weighted by Gasteiger charge is -2.07. The summed E-state index contributed by atoms with van der Waals surface area (Å²) in [4.78, 5) is 8.68. The molecule has 2 heterocycles. The Morgan fingerprint density at radius 1 is 1.40 bits per heavy atom. The maximum atomic E-state index is 4.40. The minimum atomic E-state index is 0.898. The minimum absolute atomic E-state index is 0.898. The summed E-state index contributed by atoms with van der Waals surface area (Å²) in [5.74, 6) is 1.92. The molecule has 4 heteroatoms. The van der Waals surface area contributed by atoms with Crippen LogP contribution < -0.4 is 0 Å². The first-order valence-corrected chi connectivity index (χ1v) is 5.66. The Bertz CT molecular complexity index is 476. The SMILES string of the molecule is CCc1nccn1-c1ncc(C)cc1Br. The van der Waals surface area contributed by atoms with Gasteiger partial charge in [0.2, 0.25) is 0 Å². The number of imidazole rings is 1. The van der Waals surface area contributed by atoms with Crippen molar-refractivity contribution in [1.29, 1.82) is 0 Å². The van der Waals surface area contributed by atoms with Gasteiger partial charge in [-0.25, -0.2) is 9.97 Å². The van der Waals surface area contributed by atoms with E-state index in [4.69, 9.17) is 0 Å². The molecular weight excluding hydrogens is 254 g/mol. The van der Waals surface area contributed by atoms with Gasteiger partial charge in [-0.05, 0) is 34.5 Å². The lowest BCUT2D eigenvalue weighted by molar-refractivity contribution is 0.862. The van der Waals surface area contributed by atoms with E-state index >= 15 is 0 Å². The molecule has 0 spiro atoms. The average molecular weight is 266 g/mol. The number of rotatable bonds is 2. The van der Waals surface area contributed by atoms with E-state index in [0.29, 0.717) is 0 Å². The van der Waals surface area contributed by atoms with E-state index in [1.807, 2.05) is 23.9 Å². The molecule has 0 atom stereocenters. The van der Waals surface area contributed by atoms with Gasteiger partial charge in [0.15, 0.2) is 5.82 Å². The van der Waals surface area contributed by atoms with Crippen molar-refractivity contribution in [2.75, 3.05) is 0 Å². The first-order valence-electron chi connectivity index (χ1n) is 4.87. The molecule has 3 nitrogen and oxygen atoms in total. The van der Waals surface area contributed by atoms with Gasteiger partial charge in [0.1, 0.15) is 5.82 Å². The predicted molar refractivity (Wildman–Crippen MR) is 63.2 cm³/mol. The summed E-state index contributed by atoms with van der Waals surface area (Å²) in [7, 11) is 0. The molecule has 0 fully saturated rings. The molecular formula is C11H12BrN3. The summed E-state index contributed by atoms with van der Waals surface area (Å²) in [6, 6.07) is 2.06. The molecule has 0 saturated heterocycles. The highest BCUT2D eigenvalue weighted by Gasteiger charge is 2.07. The van der Waals surface area contributed by atoms with Crippen molar-refractivity contribution in [1.82, 2.24) is 14.5 Å². The second-order valence-electron chi connectivity index (χ2n) is 3.39. The summed E-state index contributed by atoms with van der Waals surface area (Å²) < 4.78 is 3.00. The smallest absolute Gasteiger partial charge is 0.152 e. The molecule has 0 amide bonds. The van der Waals surface area contributed by atoms with Gasteiger partial charge in [0.25, 0.3) is 0 Å². The number of hydrogen-bond acceptors (Lipinski definition) is 2. The topological polar surface area (TPSA) is 30.7 Å². The summed E-state index contributed by atoms with van der Waals surface area (Å²) in [6.07, 6.45) is 6.49. The van der Waals surface area contributed by atoms with Crippen LogP contribution in [0.5, 0.6) is 0 Å². The van der Waals surface area contributed by atoms with Crippen LogP contribution in [0.4, 0.5) is 0 Å². The zero-order valence-corrected chi connectivity index (χ0v) is 10.3. The second-order valence-corrected chi connectivity index (χ2v) is 4.24. The zero-order chi connectivity index (χ0) is 10.8. The number of halogens is 1. The Morgan fingerprint density at radius 3 is 2.87 bits per heavy atom. The zero-order valence-electron chi connectivity index (χ0n) is 8.74. The normalized spacial score (nSPS) is 10.6. The number of aryl methyl sites for hydroxylation is 2.